The number of carbonyl (C=O) groups excluding carboxylic acids is 1. The highest BCUT2D eigenvalue weighted by Gasteiger charge is 2.14. The van der Waals surface area contributed by atoms with E-state index >= 15 is 0 Å². The van der Waals surface area contributed by atoms with E-state index < -0.39 is 4.92 Å². The molecule has 0 spiro atoms. The number of non-ortho nitro benzene ring substituents is 1. The van der Waals surface area contributed by atoms with Crippen molar-refractivity contribution in [1.82, 2.24) is 0 Å². The SMILES string of the molecule is O=C(Nc1ccccc1)c1ccc(-c2cccc([N+](=O)[O-])c2)o1. The van der Waals surface area contributed by atoms with Crippen LogP contribution < -0.4 is 5.32 Å². The Balaban J connectivity index is 1.81. The number of rotatable bonds is 4. The number of nitro benzene ring substituents is 1. The fourth-order valence-corrected chi connectivity index (χ4v) is 2.10. The highest BCUT2D eigenvalue weighted by Crippen LogP contribution is 2.26. The van der Waals surface area contributed by atoms with E-state index in [1.165, 1.54) is 18.2 Å². The number of benzene rings is 2. The molecule has 0 aliphatic heterocycles. The summed E-state index contributed by atoms with van der Waals surface area (Å²) < 4.78 is 5.50. The van der Waals surface area contributed by atoms with Gasteiger partial charge in [0.05, 0.1) is 4.92 Å². The Bertz CT molecular complexity index is 856. The molecule has 0 saturated carbocycles. The molecule has 3 aromatic rings. The van der Waals surface area contributed by atoms with Crippen LogP contribution >= 0.6 is 0 Å². The molecule has 3 rings (SSSR count). The Kier molecular flexibility index (Phi) is 3.88. The van der Waals surface area contributed by atoms with Gasteiger partial charge in [-0.15, -0.1) is 0 Å². The Morgan fingerprint density at radius 1 is 1.00 bits per heavy atom. The molecule has 0 fully saturated rings. The molecule has 114 valence electrons. The van der Waals surface area contributed by atoms with E-state index in [9.17, 15) is 14.9 Å². The molecule has 2 aromatic carbocycles. The second-order valence-electron chi connectivity index (χ2n) is 4.79. The van der Waals surface area contributed by atoms with Gasteiger partial charge in [-0.05, 0) is 24.3 Å². The van der Waals surface area contributed by atoms with Gasteiger partial charge >= 0.3 is 0 Å². The number of amides is 1. The van der Waals surface area contributed by atoms with Gasteiger partial charge in [-0.3, -0.25) is 14.9 Å². The topological polar surface area (TPSA) is 85.4 Å². The van der Waals surface area contributed by atoms with Gasteiger partial charge in [0.1, 0.15) is 5.76 Å². The number of carbonyl (C=O) groups is 1. The van der Waals surface area contributed by atoms with Crippen molar-refractivity contribution in [2.24, 2.45) is 0 Å². The molecule has 0 aliphatic carbocycles. The highest BCUT2D eigenvalue weighted by molar-refractivity contribution is 6.02. The molecule has 0 bridgehead atoms. The number of furan rings is 1. The minimum absolute atomic E-state index is 0.0332. The second-order valence-corrected chi connectivity index (χ2v) is 4.79. The first-order valence-corrected chi connectivity index (χ1v) is 6.84. The van der Waals surface area contributed by atoms with Crippen LogP contribution in [-0.2, 0) is 0 Å². The minimum Gasteiger partial charge on any atom is -0.451 e. The van der Waals surface area contributed by atoms with Crippen molar-refractivity contribution in [1.29, 1.82) is 0 Å². The Morgan fingerprint density at radius 2 is 1.78 bits per heavy atom. The number of nitrogens with one attached hydrogen (secondary N) is 1. The summed E-state index contributed by atoms with van der Waals surface area (Å²) in [6, 6.07) is 18.2. The standard InChI is InChI=1S/C17H12N2O4/c20-17(18-13-6-2-1-3-7-13)16-10-9-15(23-16)12-5-4-8-14(11-12)19(21)22/h1-11H,(H,18,20). The average molecular weight is 308 g/mol. The van der Waals surface area contributed by atoms with Gasteiger partial charge in [0.25, 0.3) is 11.6 Å². The number of hydrogen-bond acceptors (Lipinski definition) is 4. The molecule has 1 aromatic heterocycles. The second kappa shape index (κ2) is 6.15. The van der Waals surface area contributed by atoms with Gasteiger partial charge < -0.3 is 9.73 Å². The summed E-state index contributed by atoms with van der Waals surface area (Å²) in [4.78, 5) is 22.5. The number of nitro groups is 1. The van der Waals surface area contributed by atoms with Crippen LogP contribution in [-0.4, -0.2) is 10.8 Å². The fourth-order valence-electron chi connectivity index (χ4n) is 2.10. The summed E-state index contributed by atoms with van der Waals surface area (Å²) in [5.74, 6) is 0.148. The quantitative estimate of drug-likeness (QED) is 0.580. The lowest BCUT2D eigenvalue weighted by molar-refractivity contribution is -0.384. The van der Waals surface area contributed by atoms with Gasteiger partial charge in [0, 0.05) is 23.4 Å². The number of anilines is 1. The normalized spacial score (nSPS) is 10.3. The number of nitrogens with zero attached hydrogens (tertiary/aromatic N) is 1. The van der Waals surface area contributed by atoms with E-state index in [0.29, 0.717) is 17.0 Å². The maximum Gasteiger partial charge on any atom is 0.291 e. The first-order valence-electron chi connectivity index (χ1n) is 6.84. The molecule has 0 unspecified atom stereocenters. The maximum atomic E-state index is 12.1. The highest BCUT2D eigenvalue weighted by atomic mass is 16.6. The van der Waals surface area contributed by atoms with E-state index in [4.69, 9.17) is 4.42 Å². The van der Waals surface area contributed by atoms with Crippen molar-refractivity contribution in [3.8, 4) is 11.3 Å². The Morgan fingerprint density at radius 3 is 2.52 bits per heavy atom. The van der Waals surface area contributed by atoms with Crippen LogP contribution in [0.1, 0.15) is 10.6 Å². The summed E-state index contributed by atoms with van der Waals surface area (Å²) in [5.41, 5.74) is 1.16. The monoisotopic (exact) mass is 308 g/mol. The summed E-state index contributed by atoms with van der Waals surface area (Å²) in [5, 5.41) is 13.5. The minimum atomic E-state index is -0.477. The number of hydrogen-bond donors (Lipinski definition) is 1. The predicted octanol–water partition coefficient (Wildman–Crippen LogP) is 4.11. The predicted molar refractivity (Wildman–Crippen MR) is 85.2 cm³/mol. The molecule has 6 nitrogen and oxygen atoms in total. The fraction of sp³-hybridized carbons (Fsp3) is 0. The van der Waals surface area contributed by atoms with Crippen molar-refractivity contribution in [3.05, 3.63) is 82.6 Å². The van der Waals surface area contributed by atoms with Gasteiger partial charge in [-0.2, -0.15) is 0 Å². The van der Waals surface area contributed by atoms with Crippen LogP contribution in [0.5, 0.6) is 0 Å². The van der Waals surface area contributed by atoms with Crippen molar-refractivity contribution in [3.63, 3.8) is 0 Å². The lowest BCUT2D eigenvalue weighted by Crippen LogP contribution is -2.10. The third-order valence-corrected chi connectivity index (χ3v) is 3.20. The molecule has 0 saturated heterocycles. The van der Waals surface area contributed by atoms with Gasteiger partial charge in [0.15, 0.2) is 5.76 Å². The molecule has 1 heterocycles. The van der Waals surface area contributed by atoms with Crippen LogP contribution in [0.25, 0.3) is 11.3 Å². The largest absolute Gasteiger partial charge is 0.451 e. The smallest absolute Gasteiger partial charge is 0.291 e. The number of para-hydroxylation sites is 1. The first-order chi connectivity index (χ1) is 11.1. The van der Waals surface area contributed by atoms with E-state index in [1.807, 2.05) is 18.2 Å². The van der Waals surface area contributed by atoms with E-state index in [0.717, 1.165) is 0 Å². The Hall–Kier alpha value is -3.41. The molecule has 6 heteroatoms. The van der Waals surface area contributed by atoms with E-state index in [1.54, 1.807) is 30.3 Å². The van der Waals surface area contributed by atoms with Crippen LogP contribution in [0.4, 0.5) is 11.4 Å². The van der Waals surface area contributed by atoms with Crippen molar-refractivity contribution in [2.45, 2.75) is 0 Å². The van der Waals surface area contributed by atoms with Gasteiger partial charge in [-0.1, -0.05) is 30.3 Å². The summed E-state index contributed by atoms with van der Waals surface area (Å²) in [7, 11) is 0. The molecule has 1 amide bonds. The van der Waals surface area contributed by atoms with E-state index in [2.05, 4.69) is 5.32 Å². The van der Waals surface area contributed by atoms with Crippen molar-refractivity contribution < 1.29 is 14.1 Å². The molecule has 0 radical (unpaired) electrons. The third kappa shape index (κ3) is 3.26. The lowest BCUT2D eigenvalue weighted by Gasteiger charge is -2.02. The average Bonchev–Trinajstić information content (AvgIpc) is 3.06. The van der Waals surface area contributed by atoms with Crippen LogP contribution in [0.3, 0.4) is 0 Å². The zero-order valence-corrected chi connectivity index (χ0v) is 11.9. The molecule has 23 heavy (non-hydrogen) atoms. The van der Waals surface area contributed by atoms with Crippen molar-refractivity contribution >= 4 is 17.3 Å². The van der Waals surface area contributed by atoms with Gasteiger partial charge in [-0.25, -0.2) is 0 Å². The zero-order chi connectivity index (χ0) is 16.2. The van der Waals surface area contributed by atoms with Crippen LogP contribution in [0.15, 0.2) is 71.1 Å². The van der Waals surface area contributed by atoms with E-state index in [-0.39, 0.29) is 17.4 Å². The first kappa shape index (κ1) is 14.5. The Labute approximate surface area is 131 Å². The molecule has 1 N–H and O–H groups in total. The zero-order valence-electron chi connectivity index (χ0n) is 11.9. The molecular formula is C17H12N2O4. The summed E-state index contributed by atoms with van der Waals surface area (Å²) in [6.07, 6.45) is 0. The molecular weight excluding hydrogens is 296 g/mol. The van der Waals surface area contributed by atoms with Crippen LogP contribution in [0.2, 0.25) is 0 Å². The van der Waals surface area contributed by atoms with Crippen LogP contribution in [0, 0.1) is 10.1 Å². The van der Waals surface area contributed by atoms with Gasteiger partial charge in [0.2, 0.25) is 0 Å². The summed E-state index contributed by atoms with van der Waals surface area (Å²) >= 11 is 0. The maximum absolute atomic E-state index is 12.1. The summed E-state index contributed by atoms with van der Waals surface area (Å²) in [6.45, 7) is 0. The third-order valence-electron chi connectivity index (χ3n) is 3.20. The lowest BCUT2D eigenvalue weighted by atomic mass is 10.1. The molecule has 0 aliphatic rings. The molecule has 0 atom stereocenters. The van der Waals surface area contributed by atoms with Crippen molar-refractivity contribution in [2.75, 3.05) is 5.32 Å².